The molecule has 9 aliphatic rings. The first-order chi connectivity index (χ1) is 37.1. The molecule has 9 rings (SSSR count). The maximum Gasteiger partial charge on any atom is 0.303 e. The number of carbonyl (C=O) groups is 1. The average Bonchev–Trinajstić information content (AvgIpc) is 3.49. The highest BCUT2D eigenvalue weighted by atomic mass is 17.1. The van der Waals surface area contributed by atoms with Gasteiger partial charge in [-0.2, -0.15) is 0 Å². The van der Waals surface area contributed by atoms with Crippen LogP contribution >= 0.6 is 0 Å². The number of rotatable bonds is 13. The van der Waals surface area contributed by atoms with Crippen LogP contribution in [0.5, 0.6) is 0 Å². The zero-order chi connectivity index (χ0) is 57.9. The van der Waals surface area contributed by atoms with Gasteiger partial charge in [0.25, 0.3) is 0 Å². The fourth-order valence-electron chi connectivity index (χ4n) is 17.2. The smallest absolute Gasteiger partial charge is 0.303 e. The van der Waals surface area contributed by atoms with Gasteiger partial charge in [-0.3, -0.25) is 10.1 Å². The number of hydrogen-bond donors (Lipinski definition) is 15. The van der Waals surface area contributed by atoms with Crippen LogP contribution in [0.1, 0.15) is 99.8 Å². The predicted octanol–water partition coefficient (Wildman–Crippen LogP) is -2.91. The van der Waals surface area contributed by atoms with Crippen molar-refractivity contribution in [1.29, 1.82) is 0 Å². The summed E-state index contributed by atoms with van der Waals surface area (Å²) in [6.45, 7) is 10.2. The van der Waals surface area contributed by atoms with E-state index in [0.29, 0.717) is 32.1 Å². The monoisotopic (exact) mass is 1140 g/mol. The number of ether oxygens (including phenoxy) is 8. The first-order valence-electron chi connectivity index (χ1n) is 28.1. The third-order valence-corrected chi connectivity index (χ3v) is 21.5. The number of hydrogen-bond acceptors (Lipinski definition) is 25. The largest absolute Gasteiger partial charge is 0.454 e. The van der Waals surface area contributed by atoms with E-state index < -0.39 is 213 Å². The summed E-state index contributed by atoms with van der Waals surface area (Å²) in [6, 6.07) is 0. The number of esters is 1. The van der Waals surface area contributed by atoms with Crippen molar-refractivity contribution in [3.8, 4) is 0 Å². The lowest BCUT2D eigenvalue weighted by Gasteiger charge is -2.73. The third kappa shape index (κ3) is 9.89. The molecule has 0 amide bonds. The van der Waals surface area contributed by atoms with E-state index in [2.05, 4.69) is 33.8 Å². The molecule has 25 nitrogen and oxygen atoms in total. The van der Waals surface area contributed by atoms with Gasteiger partial charge >= 0.3 is 5.97 Å². The van der Waals surface area contributed by atoms with Gasteiger partial charge < -0.3 is 109 Å². The molecule has 25 heteroatoms. The van der Waals surface area contributed by atoms with Crippen molar-refractivity contribution in [2.24, 2.45) is 50.2 Å². The molecule has 454 valence electrons. The van der Waals surface area contributed by atoms with E-state index in [1.54, 1.807) is 0 Å². The summed E-state index contributed by atoms with van der Waals surface area (Å²) >= 11 is 0. The Hall–Kier alpha value is -1.71. The third-order valence-electron chi connectivity index (χ3n) is 21.5. The van der Waals surface area contributed by atoms with Crippen molar-refractivity contribution >= 4 is 5.97 Å². The van der Waals surface area contributed by atoms with Crippen LogP contribution in [-0.2, 0) is 47.6 Å². The van der Waals surface area contributed by atoms with Gasteiger partial charge in [-0.25, -0.2) is 4.89 Å². The summed E-state index contributed by atoms with van der Waals surface area (Å²) in [4.78, 5) is 18.2. The lowest BCUT2D eigenvalue weighted by molar-refractivity contribution is -0.389. The van der Waals surface area contributed by atoms with E-state index in [9.17, 15) is 81.5 Å². The minimum absolute atomic E-state index is 0.110. The Morgan fingerprint density at radius 2 is 1.32 bits per heavy atom. The number of fused-ring (bicyclic) bond motifs is 7. The molecule has 4 saturated carbocycles. The highest BCUT2D eigenvalue weighted by Gasteiger charge is 2.74. The molecule has 0 radical (unpaired) electrons. The van der Waals surface area contributed by atoms with Crippen LogP contribution in [0.3, 0.4) is 0 Å². The molecule has 0 aromatic rings. The molecule has 29 unspecified atom stereocenters. The molecule has 4 saturated heterocycles. The topological polar surface area (TPSA) is 404 Å². The Morgan fingerprint density at radius 3 is 1.96 bits per heavy atom. The number of aliphatic hydroxyl groups excluding tert-OH is 14. The Balaban J connectivity index is 1.03. The standard InChI is InChI=1S/C54H88O25/c1-22-40(76-46-37(67)33(63)27(60)19-72-46)39(69)42(74-23(2)58)48(73-22)77-41-34(64)28(61)18-71-43(41)45(79-70)54-13-12-49(3,4)14-25(54)24-8-9-30-50(5)15-26(59)44(78-47-38(68)36(66)35(65)29(17-55)75-47)53(20-56,21-57)31(50)10-11-51(30,6)52(24,7)16-32(54)62/h8,22,25-48,55-57,59-70H,9-21H2,1-7H3. The van der Waals surface area contributed by atoms with Crippen molar-refractivity contribution in [2.45, 2.75) is 235 Å². The van der Waals surface area contributed by atoms with Crippen LogP contribution in [-0.4, -0.2) is 251 Å². The molecule has 0 bridgehead atoms. The molecule has 15 N–H and O–H groups in total. The second-order valence-corrected chi connectivity index (χ2v) is 26.2. The lowest BCUT2D eigenvalue weighted by Crippen LogP contribution is -2.73. The Morgan fingerprint density at radius 1 is 0.671 bits per heavy atom. The highest BCUT2D eigenvalue weighted by Crippen LogP contribution is 2.76. The van der Waals surface area contributed by atoms with Crippen LogP contribution in [0.15, 0.2) is 11.6 Å². The van der Waals surface area contributed by atoms with Crippen LogP contribution < -0.4 is 0 Å². The van der Waals surface area contributed by atoms with E-state index in [-0.39, 0.29) is 30.6 Å². The van der Waals surface area contributed by atoms with Gasteiger partial charge in [-0.1, -0.05) is 46.3 Å². The van der Waals surface area contributed by atoms with Crippen LogP contribution in [0.4, 0.5) is 0 Å². The quantitative estimate of drug-likeness (QED) is 0.0289. The van der Waals surface area contributed by atoms with Crippen molar-refractivity contribution in [1.82, 2.24) is 0 Å². The summed E-state index contributed by atoms with van der Waals surface area (Å²) in [5.41, 5.74) is -4.43. The van der Waals surface area contributed by atoms with E-state index in [1.807, 2.05) is 6.92 Å². The summed E-state index contributed by atoms with van der Waals surface area (Å²) in [5, 5.41) is 168. The second kappa shape index (κ2) is 22.6. The first kappa shape index (κ1) is 61.8. The number of carbonyl (C=O) groups excluding carboxylic acids is 1. The van der Waals surface area contributed by atoms with Crippen LogP contribution in [0.2, 0.25) is 0 Å². The van der Waals surface area contributed by atoms with Gasteiger partial charge in [-0.05, 0) is 97.7 Å². The normalized spacial score (nSPS) is 52.8. The minimum Gasteiger partial charge on any atom is -0.454 e. The zero-order valence-electron chi connectivity index (χ0n) is 46.0. The molecule has 0 spiro atoms. The molecule has 0 aromatic heterocycles. The molecule has 4 heterocycles. The SMILES string of the molecule is CC(=O)OC1C(OC2C(O)C(O)COC2C(OO)C23CCC(C)(C)CC2C2=CCC4C5(C)CC(O)C(OC6OC(CO)C(O)C(O)C6O)C(CO)(CO)C5CCC4(C)C2(C)CC3O)OC(C)C(OC2OCC(O)C(O)C2O)C1O. The van der Waals surface area contributed by atoms with Crippen molar-refractivity contribution in [3.05, 3.63) is 11.6 Å². The minimum atomic E-state index is -1.80. The molecular weight excluding hydrogens is 1050 g/mol. The van der Waals surface area contributed by atoms with Crippen LogP contribution in [0, 0.1) is 50.2 Å². The molecule has 4 aliphatic heterocycles. The number of aliphatic hydroxyl groups is 14. The molecule has 8 fully saturated rings. The summed E-state index contributed by atoms with van der Waals surface area (Å²) in [7, 11) is 0. The van der Waals surface area contributed by atoms with Crippen molar-refractivity contribution in [3.63, 3.8) is 0 Å². The lowest BCUT2D eigenvalue weighted by atomic mass is 9.32. The van der Waals surface area contributed by atoms with Gasteiger partial charge in [0.15, 0.2) is 25.0 Å². The van der Waals surface area contributed by atoms with E-state index >= 15 is 0 Å². The fourth-order valence-corrected chi connectivity index (χ4v) is 17.2. The predicted molar refractivity (Wildman–Crippen MR) is 266 cm³/mol. The van der Waals surface area contributed by atoms with E-state index in [1.165, 1.54) is 6.92 Å². The Bertz CT molecular complexity index is 2170. The number of allylic oxidation sites excluding steroid dienone is 2. The van der Waals surface area contributed by atoms with Gasteiger partial charge in [0.2, 0.25) is 0 Å². The van der Waals surface area contributed by atoms with Gasteiger partial charge in [0, 0.05) is 17.8 Å². The van der Waals surface area contributed by atoms with E-state index in [4.69, 9.17) is 42.8 Å². The average molecular weight is 1140 g/mol. The molecule has 29 atom stereocenters. The fraction of sp³-hybridized carbons (Fsp3) is 0.944. The first-order valence-corrected chi connectivity index (χ1v) is 28.1. The van der Waals surface area contributed by atoms with Crippen molar-refractivity contribution in [2.75, 3.05) is 33.0 Å². The zero-order valence-corrected chi connectivity index (χ0v) is 46.0. The second-order valence-electron chi connectivity index (χ2n) is 26.2. The summed E-state index contributed by atoms with van der Waals surface area (Å²) < 4.78 is 47.8. The maximum absolute atomic E-state index is 13.3. The molecule has 0 aromatic carbocycles. The van der Waals surface area contributed by atoms with Gasteiger partial charge in [0.1, 0.15) is 85.5 Å². The van der Waals surface area contributed by atoms with Gasteiger partial charge in [-0.15, -0.1) is 0 Å². The van der Waals surface area contributed by atoms with Crippen molar-refractivity contribution < 1.29 is 124 Å². The highest BCUT2D eigenvalue weighted by molar-refractivity contribution is 5.66. The Labute approximate surface area is 458 Å². The summed E-state index contributed by atoms with van der Waals surface area (Å²) in [6.07, 6.45) is -29.1. The molecular formula is C54H88O25. The Kier molecular flexibility index (Phi) is 17.7. The van der Waals surface area contributed by atoms with Crippen LogP contribution in [0.25, 0.3) is 0 Å². The molecule has 5 aliphatic carbocycles. The molecule has 79 heavy (non-hydrogen) atoms. The van der Waals surface area contributed by atoms with Gasteiger partial charge in [0.05, 0.1) is 57.5 Å². The summed E-state index contributed by atoms with van der Waals surface area (Å²) in [5.74, 6) is -2.16. The van der Waals surface area contributed by atoms with E-state index in [0.717, 1.165) is 12.5 Å². The maximum atomic E-state index is 13.3.